The first kappa shape index (κ1) is 15.7. The predicted octanol–water partition coefficient (Wildman–Crippen LogP) is 2.93. The van der Waals surface area contributed by atoms with Gasteiger partial charge in [0.05, 0.1) is 6.54 Å². The van der Waals surface area contributed by atoms with Crippen molar-refractivity contribution >= 4 is 29.2 Å². The van der Waals surface area contributed by atoms with Crippen LogP contribution < -0.4 is 10.3 Å². The molecule has 0 aromatic heterocycles. The Balaban J connectivity index is 1.54. The van der Waals surface area contributed by atoms with Crippen LogP contribution in [0.3, 0.4) is 0 Å². The molecule has 25 heavy (non-hydrogen) atoms. The van der Waals surface area contributed by atoms with Crippen LogP contribution in [0.5, 0.6) is 0 Å². The fraction of sp³-hybridized carbons (Fsp3) is 0.111. The largest absolute Gasteiger partial charge is 0.340 e. The molecule has 6 nitrogen and oxygen atoms in total. The van der Waals surface area contributed by atoms with Crippen molar-refractivity contribution < 1.29 is 9.59 Å². The van der Waals surface area contributed by atoms with Gasteiger partial charge in [-0.2, -0.15) is 5.43 Å². The highest BCUT2D eigenvalue weighted by molar-refractivity contribution is 6.30. The maximum atomic E-state index is 12.8. The summed E-state index contributed by atoms with van der Waals surface area (Å²) in [5.41, 5.74) is 4.67. The number of hydrogen-bond donors (Lipinski definition) is 1. The Hall–Kier alpha value is -2.83. The fourth-order valence-electron chi connectivity index (χ4n) is 2.87. The molecular formula is C18H15ClN4O2. The summed E-state index contributed by atoms with van der Waals surface area (Å²) >= 11 is 5.89. The van der Waals surface area contributed by atoms with Gasteiger partial charge in [0, 0.05) is 23.1 Å². The lowest BCUT2D eigenvalue weighted by Gasteiger charge is -2.29. The first-order chi connectivity index (χ1) is 12.1. The number of para-hydroxylation sites is 1. The molecule has 7 heteroatoms. The standard InChI is InChI=1S/C18H15ClN4O2/c19-14-8-6-13(7-9-14)12-23-18(25)22-11-10-21(17(24)16(22)20-23)15-4-2-1-3-5-15/h1-11,16,20H,12H2. The molecule has 2 heterocycles. The van der Waals surface area contributed by atoms with E-state index < -0.39 is 6.17 Å². The summed E-state index contributed by atoms with van der Waals surface area (Å²) in [6.45, 7) is 0.343. The maximum absolute atomic E-state index is 12.8. The van der Waals surface area contributed by atoms with Gasteiger partial charge in [0.15, 0.2) is 6.17 Å². The molecule has 0 spiro atoms. The first-order valence-corrected chi connectivity index (χ1v) is 8.18. The number of amides is 3. The number of hydrogen-bond acceptors (Lipinski definition) is 3. The van der Waals surface area contributed by atoms with Gasteiger partial charge in [0.25, 0.3) is 5.91 Å². The molecule has 126 valence electrons. The minimum Gasteiger partial charge on any atom is -0.283 e. The molecule has 3 amide bonds. The second-order valence-electron chi connectivity index (χ2n) is 5.78. The van der Waals surface area contributed by atoms with E-state index in [1.165, 1.54) is 14.8 Å². The van der Waals surface area contributed by atoms with Gasteiger partial charge in [-0.1, -0.05) is 41.9 Å². The second kappa shape index (κ2) is 6.23. The molecule has 1 unspecified atom stereocenters. The van der Waals surface area contributed by atoms with E-state index in [0.29, 0.717) is 11.6 Å². The van der Waals surface area contributed by atoms with Gasteiger partial charge in [-0.15, -0.1) is 0 Å². The monoisotopic (exact) mass is 354 g/mol. The molecule has 0 radical (unpaired) electrons. The van der Waals surface area contributed by atoms with E-state index in [-0.39, 0.29) is 11.9 Å². The summed E-state index contributed by atoms with van der Waals surface area (Å²) in [7, 11) is 0. The van der Waals surface area contributed by atoms with Gasteiger partial charge in [0.1, 0.15) is 0 Å². The number of anilines is 1. The van der Waals surface area contributed by atoms with Crippen molar-refractivity contribution in [2.45, 2.75) is 12.7 Å². The molecule has 4 rings (SSSR count). The second-order valence-corrected chi connectivity index (χ2v) is 6.21. The molecule has 0 aliphatic carbocycles. The van der Waals surface area contributed by atoms with Gasteiger partial charge in [-0.3, -0.25) is 19.6 Å². The summed E-state index contributed by atoms with van der Waals surface area (Å²) in [6, 6.07) is 16.3. The van der Waals surface area contributed by atoms with Crippen LogP contribution in [0.1, 0.15) is 5.56 Å². The van der Waals surface area contributed by atoms with Crippen LogP contribution in [-0.4, -0.2) is 28.0 Å². The Kier molecular flexibility index (Phi) is 3.91. The van der Waals surface area contributed by atoms with E-state index in [9.17, 15) is 9.59 Å². The van der Waals surface area contributed by atoms with Crippen LogP contribution in [0.15, 0.2) is 67.0 Å². The zero-order chi connectivity index (χ0) is 17.4. The van der Waals surface area contributed by atoms with Crippen LogP contribution >= 0.6 is 11.6 Å². The molecule has 2 aliphatic heterocycles. The number of rotatable bonds is 3. The van der Waals surface area contributed by atoms with Gasteiger partial charge < -0.3 is 0 Å². The van der Waals surface area contributed by atoms with Gasteiger partial charge in [-0.25, -0.2) is 4.79 Å². The smallest absolute Gasteiger partial charge is 0.283 e. The quantitative estimate of drug-likeness (QED) is 0.922. The van der Waals surface area contributed by atoms with Crippen molar-refractivity contribution in [1.29, 1.82) is 0 Å². The molecular weight excluding hydrogens is 340 g/mol. The van der Waals surface area contributed by atoms with Crippen molar-refractivity contribution in [2.75, 3.05) is 4.90 Å². The molecule has 0 bridgehead atoms. The molecule has 2 aliphatic rings. The van der Waals surface area contributed by atoms with E-state index in [1.54, 1.807) is 24.5 Å². The number of halogens is 1. The van der Waals surface area contributed by atoms with Crippen molar-refractivity contribution in [2.24, 2.45) is 0 Å². The summed E-state index contributed by atoms with van der Waals surface area (Å²) in [5.74, 6) is -0.208. The normalized spacial score (nSPS) is 19.6. The molecule has 1 atom stereocenters. The number of carbonyl (C=O) groups is 2. The minimum atomic E-state index is -0.745. The number of hydrazine groups is 1. The predicted molar refractivity (Wildman–Crippen MR) is 94.2 cm³/mol. The molecule has 1 N–H and O–H groups in total. The number of fused-ring (bicyclic) bond motifs is 1. The number of nitrogens with zero attached hydrogens (tertiary/aromatic N) is 3. The average molecular weight is 355 g/mol. The Labute approximate surface area is 149 Å². The number of carbonyl (C=O) groups excluding carboxylic acids is 2. The highest BCUT2D eigenvalue weighted by Gasteiger charge is 2.44. The van der Waals surface area contributed by atoms with Gasteiger partial charge in [-0.05, 0) is 29.8 Å². The van der Waals surface area contributed by atoms with Crippen LogP contribution in [0, 0.1) is 0 Å². The zero-order valence-electron chi connectivity index (χ0n) is 13.2. The van der Waals surface area contributed by atoms with Crippen LogP contribution in [-0.2, 0) is 11.3 Å². The van der Waals surface area contributed by atoms with E-state index in [1.807, 2.05) is 42.5 Å². The third-order valence-electron chi connectivity index (χ3n) is 4.14. The lowest BCUT2D eigenvalue weighted by molar-refractivity contribution is -0.122. The SMILES string of the molecule is O=C1C2NN(Cc3ccc(Cl)cc3)C(=O)N2C=CN1c1ccccc1. The van der Waals surface area contributed by atoms with Gasteiger partial charge >= 0.3 is 6.03 Å². The van der Waals surface area contributed by atoms with E-state index in [2.05, 4.69) is 5.43 Å². The molecule has 0 saturated carbocycles. The van der Waals surface area contributed by atoms with Crippen molar-refractivity contribution in [3.8, 4) is 0 Å². The third-order valence-corrected chi connectivity index (χ3v) is 4.40. The van der Waals surface area contributed by atoms with Crippen LogP contribution in [0.2, 0.25) is 5.02 Å². The Morgan fingerprint density at radius 1 is 0.960 bits per heavy atom. The highest BCUT2D eigenvalue weighted by atomic mass is 35.5. The lowest BCUT2D eigenvalue weighted by atomic mass is 10.2. The molecule has 1 saturated heterocycles. The van der Waals surface area contributed by atoms with E-state index in [4.69, 9.17) is 11.6 Å². The van der Waals surface area contributed by atoms with E-state index >= 15 is 0 Å². The van der Waals surface area contributed by atoms with Crippen molar-refractivity contribution in [3.05, 3.63) is 77.6 Å². The zero-order valence-corrected chi connectivity index (χ0v) is 13.9. The summed E-state index contributed by atoms with van der Waals surface area (Å²) in [5, 5.41) is 2.07. The number of benzene rings is 2. The minimum absolute atomic E-state index is 0.208. The number of nitrogens with one attached hydrogen (secondary N) is 1. The van der Waals surface area contributed by atoms with Crippen LogP contribution in [0.4, 0.5) is 10.5 Å². The first-order valence-electron chi connectivity index (χ1n) is 7.80. The topological polar surface area (TPSA) is 55.9 Å². The lowest BCUT2D eigenvalue weighted by Crippen LogP contribution is -2.51. The Morgan fingerprint density at radius 2 is 1.68 bits per heavy atom. The maximum Gasteiger partial charge on any atom is 0.340 e. The summed E-state index contributed by atoms with van der Waals surface area (Å²) < 4.78 is 0. The Bertz CT molecular complexity index is 838. The fourth-order valence-corrected chi connectivity index (χ4v) is 3.00. The van der Waals surface area contributed by atoms with Gasteiger partial charge in [0.2, 0.25) is 0 Å². The van der Waals surface area contributed by atoms with E-state index in [0.717, 1.165) is 11.3 Å². The van der Waals surface area contributed by atoms with Crippen LogP contribution in [0.25, 0.3) is 0 Å². The Morgan fingerprint density at radius 3 is 2.40 bits per heavy atom. The summed E-state index contributed by atoms with van der Waals surface area (Å²) in [4.78, 5) is 28.2. The molecule has 1 fully saturated rings. The number of urea groups is 1. The molecule has 2 aromatic rings. The van der Waals surface area contributed by atoms with Crippen molar-refractivity contribution in [1.82, 2.24) is 15.3 Å². The molecule has 2 aromatic carbocycles. The van der Waals surface area contributed by atoms with Crippen molar-refractivity contribution in [3.63, 3.8) is 0 Å². The summed E-state index contributed by atoms with van der Waals surface area (Å²) in [6.07, 6.45) is 2.49. The highest BCUT2D eigenvalue weighted by Crippen LogP contribution is 2.24. The average Bonchev–Trinajstić information content (AvgIpc) is 2.95. The third kappa shape index (κ3) is 2.86.